The Hall–Kier alpha value is -3.44. The topological polar surface area (TPSA) is 124 Å². The monoisotopic (exact) mass is 486 g/mol. The maximum absolute atomic E-state index is 13.0. The van der Waals surface area contributed by atoms with Gasteiger partial charge in [-0.2, -0.15) is 4.31 Å². The van der Waals surface area contributed by atoms with E-state index in [9.17, 15) is 13.2 Å². The third kappa shape index (κ3) is 4.75. The largest absolute Gasteiger partial charge is 0.493 e. The zero-order valence-electron chi connectivity index (χ0n) is 19.1. The predicted octanol–water partition coefficient (Wildman–Crippen LogP) is 3.57. The van der Waals surface area contributed by atoms with Crippen molar-refractivity contribution in [2.45, 2.75) is 37.1 Å². The van der Waals surface area contributed by atoms with E-state index in [1.807, 2.05) is 6.92 Å². The number of nitrogens with one attached hydrogen (secondary N) is 1. The first-order chi connectivity index (χ1) is 16.3. The molecule has 0 spiro atoms. The van der Waals surface area contributed by atoms with Crippen LogP contribution in [0.15, 0.2) is 51.8 Å². The molecule has 2 aromatic carbocycles. The lowest BCUT2D eigenvalue weighted by molar-refractivity contribution is 0.102. The fourth-order valence-electron chi connectivity index (χ4n) is 3.87. The van der Waals surface area contributed by atoms with Gasteiger partial charge in [0.1, 0.15) is 0 Å². The van der Waals surface area contributed by atoms with E-state index >= 15 is 0 Å². The van der Waals surface area contributed by atoms with Gasteiger partial charge in [0, 0.05) is 23.7 Å². The van der Waals surface area contributed by atoms with Crippen LogP contribution in [0.2, 0.25) is 0 Å². The van der Waals surface area contributed by atoms with Gasteiger partial charge in [0.25, 0.3) is 5.91 Å². The fraction of sp³-hybridized carbons (Fsp3) is 0.348. The zero-order chi connectivity index (χ0) is 24.3. The minimum absolute atomic E-state index is 0.0425. The van der Waals surface area contributed by atoms with E-state index in [1.165, 1.54) is 42.8 Å². The Balaban J connectivity index is 1.46. The van der Waals surface area contributed by atoms with E-state index < -0.39 is 15.9 Å². The Labute approximate surface area is 197 Å². The summed E-state index contributed by atoms with van der Waals surface area (Å²) in [6, 6.07) is 10.8. The molecule has 1 fully saturated rings. The summed E-state index contributed by atoms with van der Waals surface area (Å²) in [5, 5.41) is 10.3. The summed E-state index contributed by atoms with van der Waals surface area (Å²) >= 11 is 0. The first-order valence-electron chi connectivity index (χ1n) is 10.8. The molecule has 4 rings (SSSR count). The van der Waals surface area contributed by atoms with Crippen LogP contribution in [-0.4, -0.2) is 55.6 Å². The standard InChI is InChI=1S/C23H26N4O6S/c1-15-6-4-5-13-27(15)34(29,30)18-10-7-16(8-11-18)21(28)24-23-26-25-22(33-23)17-9-12-19(31-2)20(14-17)32-3/h7-12,14-15H,4-6,13H2,1-3H3,(H,24,26,28). The van der Waals surface area contributed by atoms with Crippen LogP contribution < -0.4 is 14.8 Å². The van der Waals surface area contributed by atoms with Crippen molar-refractivity contribution >= 4 is 21.9 Å². The number of carbonyl (C=O) groups is 1. The first kappa shape index (κ1) is 23.7. The van der Waals surface area contributed by atoms with Gasteiger partial charge in [-0.3, -0.25) is 10.1 Å². The van der Waals surface area contributed by atoms with Crippen molar-refractivity contribution in [1.29, 1.82) is 0 Å². The van der Waals surface area contributed by atoms with Crippen molar-refractivity contribution in [1.82, 2.24) is 14.5 Å². The average Bonchev–Trinajstić information content (AvgIpc) is 3.32. The number of nitrogens with zero attached hydrogens (tertiary/aromatic N) is 3. The number of carbonyl (C=O) groups excluding carboxylic acids is 1. The summed E-state index contributed by atoms with van der Waals surface area (Å²) < 4.78 is 43.5. The number of hydrogen-bond acceptors (Lipinski definition) is 8. The second kappa shape index (κ2) is 9.82. The lowest BCUT2D eigenvalue weighted by Crippen LogP contribution is -2.41. The molecule has 1 atom stereocenters. The Kier molecular flexibility index (Phi) is 6.85. The van der Waals surface area contributed by atoms with E-state index in [0.717, 1.165) is 19.3 Å². The van der Waals surface area contributed by atoms with Crippen LogP contribution in [0.3, 0.4) is 0 Å². The molecule has 2 heterocycles. The van der Waals surface area contributed by atoms with E-state index in [1.54, 1.807) is 18.2 Å². The molecular weight excluding hydrogens is 460 g/mol. The lowest BCUT2D eigenvalue weighted by Gasteiger charge is -2.32. The molecule has 1 aliphatic heterocycles. The normalized spacial score (nSPS) is 16.7. The van der Waals surface area contributed by atoms with Crippen LogP contribution >= 0.6 is 0 Å². The lowest BCUT2D eigenvalue weighted by atomic mass is 10.1. The van der Waals surface area contributed by atoms with Crippen molar-refractivity contribution in [2.24, 2.45) is 0 Å². The first-order valence-corrected chi connectivity index (χ1v) is 12.3. The molecule has 1 N–H and O–H groups in total. The van der Waals surface area contributed by atoms with E-state index in [2.05, 4.69) is 15.5 Å². The number of hydrogen-bond donors (Lipinski definition) is 1. The van der Waals surface area contributed by atoms with Crippen LogP contribution in [0, 0.1) is 0 Å². The number of piperidine rings is 1. The number of benzene rings is 2. The van der Waals surface area contributed by atoms with Crippen LogP contribution in [-0.2, 0) is 10.0 Å². The fourth-order valence-corrected chi connectivity index (χ4v) is 5.57. The third-order valence-corrected chi connectivity index (χ3v) is 7.77. The maximum Gasteiger partial charge on any atom is 0.322 e. The van der Waals surface area contributed by atoms with Gasteiger partial charge in [0.2, 0.25) is 15.9 Å². The number of methoxy groups -OCH3 is 2. The number of amides is 1. The second-order valence-electron chi connectivity index (χ2n) is 7.92. The Bertz CT molecular complexity index is 1270. The Morgan fingerprint density at radius 2 is 1.79 bits per heavy atom. The van der Waals surface area contributed by atoms with Crippen molar-refractivity contribution in [3.8, 4) is 23.0 Å². The predicted molar refractivity (Wildman–Crippen MR) is 124 cm³/mol. The highest BCUT2D eigenvalue weighted by Crippen LogP contribution is 2.32. The van der Waals surface area contributed by atoms with Crippen molar-refractivity contribution < 1.29 is 27.1 Å². The van der Waals surface area contributed by atoms with Crippen LogP contribution in [0.4, 0.5) is 6.01 Å². The molecule has 3 aromatic rings. The molecule has 1 aliphatic rings. The molecule has 10 nitrogen and oxygen atoms in total. The molecule has 1 amide bonds. The van der Waals surface area contributed by atoms with Crippen LogP contribution in [0.25, 0.3) is 11.5 Å². The van der Waals surface area contributed by atoms with Gasteiger partial charge in [-0.25, -0.2) is 8.42 Å². The maximum atomic E-state index is 13.0. The molecule has 11 heteroatoms. The summed E-state index contributed by atoms with van der Waals surface area (Å²) in [6.45, 7) is 2.42. The molecular formula is C23H26N4O6S. The van der Waals surface area contributed by atoms with E-state index in [-0.39, 0.29) is 28.4 Å². The number of aromatic nitrogens is 2. The second-order valence-corrected chi connectivity index (χ2v) is 9.81. The number of anilines is 1. The average molecular weight is 487 g/mol. The summed E-state index contributed by atoms with van der Waals surface area (Å²) in [5.41, 5.74) is 0.851. The molecule has 34 heavy (non-hydrogen) atoms. The Morgan fingerprint density at radius 3 is 2.47 bits per heavy atom. The summed E-state index contributed by atoms with van der Waals surface area (Å²) in [4.78, 5) is 12.8. The molecule has 180 valence electrons. The zero-order valence-corrected chi connectivity index (χ0v) is 20.0. The number of rotatable bonds is 7. The van der Waals surface area contributed by atoms with Crippen molar-refractivity contribution in [3.05, 3.63) is 48.0 Å². The Morgan fingerprint density at radius 1 is 1.06 bits per heavy atom. The summed E-state index contributed by atoms with van der Waals surface area (Å²) in [7, 11) is -0.555. The van der Waals surface area contributed by atoms with Crippen LogP contribution in [0.5, 0.6) is 11.5 Å². The summed E-state index contributed by atoms with van der Waals surface area (Å²) in [5.74, 6) is 0.739. The van der Waals surface area contributed by atoms with Crippen molar-refractivity contribution in [2.75, 3.05) is 26.1 Å². The van der Waals surface area contributed by atoms with E-state index in [4.69, 9.17) is 13.9 Å². The highest BCUT2D eigenvalue weighted by molar-refractivity contribution is 7.89. The SMILES string of the molecule is COc1ccc(-c2nnc(NC(=O)c3ccc(S(=O)(=O)N4CCCCC4C)cc3)o2)cc1OC. The molecule has 0 aliphatic carbocycles. The number of ether oxygens (including phenoxy) is 2. The minimum Gasteiger partial charge on any atom is -0.493 e. The van der Waals surface area contributed by atoms with Gasteiger partial charge in [-0.15, -0.1) is 5.10 Å². The van der Waals surface area contributed by atoms with Gasteiger partial charge < -0.3 is 13.9 Å². The van der Waals surface area contributed by atoms with Gasteiger partial charge >= 0.3 is 6.01 Å². The van der Waals surface area contributed by atoms with E-state index in [0.29, 0.717) is 23.6 Å². The van der Waals surface area contributed by atoms with Gasteiger partial charge in [-0.1, -0.05) is 11.5 Å². The molecule has 1 saturated heterocycles. The van der Waals surface area contributed by atoms with Gasteiger partial charge in [0.15, 0.2) is 11.5 Å². The summed E-state index contributed by atoms with van der Waals surface area (Å²) in [6.07, 6.45) is 2.71. The molecule has 1 aromatic heterocycles. The van der Waals surface area contributed by atoms with Gasteiger partial charge in [0.05, 0.1) is 19.1 Å². The quantitative estimate of drug-likeness (QED) is 0.538. The molecule has 1 unspecified atom stereocenters. The highest BCUT2D eigenvalue weighted by atomic mass is 32.2. The molecule has 0 bridgehead atoms. The number of sulfonamides is 1. The van der Waals surface area contributed by atoms with Crippen LogP contribution in [0.1, 0.15) is 36.5 Å². The van der Waals surface area contributed by atoms with Crippen molar-refractivity contribution in [3.63, 3.8) is 0 Å². The van der Waals surface area contributed by atoms with Gasteiger partial charge in [-0.05, 0) is 62.2 Å². The molecule has 0 radical (unpaired) electrons. The minimum atomic E-state index is -3.61. The third-order valence-electron chi connectivity index (χ3n) is 5.74. The highest BCUT2D eigenvalue weighted by Gasteiger charge is 2.31. The molecule has 0 saturated carbocycles. The smallest absolute Gasteiger partial charge is 0.322 e.